The van der Waals surface area contributed by atoms with Gasteiger partial charge in [0.2, 0.25) is 0 Å². The molecule has 0 spiro atoms. The molecule has 1 aromatic rings. The van der Waals surface area contributed by atoms with Gasteiger partial charge in [0.15, 0.2) is 5.17 Å². The monoisotopic (exact) mass is 300 g/mol. The lowest BCUT2D eigenvalue weighted by Gasteiger charge is -2.05. The lowest BCUT2D eigenvalue weighted by Crippen LogP contribution is -2.20. The zero-order valence-corrected chi connectivity index (χ0v) is 11.7. The standard InChI is InChI=1S/C12H16N2S.BrH/c1-2-6-11(7-3-1)10-15-12-13-8-4-5-9-14-12;/h1-3,6-7H,4-5,8-10H2,(H,13,14);1H. The molecule has 4 heteroatoms. The molecule has 0 atom stereocenters. The fraction of sp³-hybridized carbons (Fsp3) is 0.417. The van der Waals surface area contributed by atoms with Crippen LogP contribution in [0.1, 0.15) is 18.4 Å². The molecule has 88 valence electrons. The summed E-state index contributed by atoms with van der Waals surface area (Å²) in [4.78, 5) is 4.51. The summed E-state index contributed by atoms with van der Waals surface area (Å²) in [5.74, 6) is 1.01. The molecule has 0 fully saturated rings. The number of benzene rings is 1. The van der Waals surface area contributed by atoms with Gasteiger partial charge in [0.25, 0.3) is 0 Å². The van der Waals surface area contributed by atoms with E-state index in [1.54, 1.807) is 11.8 Å². The van der Waals surface area contributed by atoms with E-state index in [0.717, 1.165) is 24.0 Å². The Kier molecular flexibility index (Phi) is 6.57. The first-order chi connectivity index (χ1) is 7.45. The van der Waals surface area contributed by atoms with E-state index in [1.807, 2.05) is 0 Å². The molecular weight excluding hydrogens is 284 g/mol. The van der Waals surface area contributed by atoms with Crippen molar-refractivity contribution in [1.82, 2.24) is 5.32 Å². The number of hydrogen-bond acceptors (Lipinski definition) is 3. The zero-order chi connectivity index (χ0) is 10.3. The molecule has 1 aliphatic heterocycles. The fourth-order valence-electron chi connectivity index (χ4n) is 1.49. The molecule has 1 aromatic carbocycles. The van der Waals surface area contributed by atoms with E-state index in [4.69, 9.17) is 0 Å². The minimum atomic E-state index is 0. The van der Waals surface area contributed by atoms with Gasteiger partial charge in [0.1, 0.15) is 0 Å². The number of rotatable bonds is 2. The van der Waals surface area contributed by atoms with Gasteiger partial charge in [0.05, 0.1) is 0 Å². The maximum absolute atomic E-state index is 4.51. The molecule has 0 aliphatic carbocycles. The second kappa shape index (κ2) is 7.74. The average Bonchev–Trinajstić information content (AvgIpc) is 2.56. The van der Waals surface area contributed by atoms with Crippen LogP contribution in [0, 0.1) is 0 Å². The van der Waals surface area contributed by atoms with E-state index in [1.165, 1.54) is 18.4 Å². The summed E-state index contributed by atoms with van der Waals surface area (Å²) in [6.07, 6.45) is 2.45. The largest absolute Gasteiger partial charge is 0.365 e. The Labute approximate surface area is 112 Å². The molecule has 0 amide bonds. The quantitative estimate of drug-likeness (QED) is 0.907. The SMILES string of the molecule is Br.c1ccc(CSC2=NCCCCN2)cc1. The van der Waals surface area contributed by atoms with Crippen LogP contribution in [0.5, 0.6) is 0 Å². The van der Waals surface area contributed by atoms with Crippen LogP contribution in [-0.2, 0) is 5.75 Å². The molecule has 1 aliphatic rings. The Balaban J connectivity index is 0.00000128. The highest BCUT2D eigenvalue weighted by molar-refractivity contribution is 8.93. The van der Waals surface area contributed by atoms with Crippen molar-refractivity contribution in [1.29, 1.82) is 0 Å². The van der Waals surface area contributed by atoms with Crippen molar-refractivity contribution in [3.8, 4) is 0 Å². The number of nitrogens with one attached hydrogen (secondary N) is 1. The zero-order valence-electron chi connectivity index (χ0n) is 9.19. The van der Waals surface area contributed by atoms with E-state index < -0.39 is 0 Å². The van der Waals surface area contributed by atoms with E-state index >= 15 is 0 Å². The summed E-state index contributed by atoms with van der Waals surface area (Å²) in [7, 11) is 0. The van der Waals surface area contributed by atoms with Gasteiger partial charge in [-0.3, -0.25) is 4.99 Å². The van der Waals surface area contributed by atoms with Gasteiger partial charge in [-0.25, -0.2) is 0 Å². The van der Waals surface area contributed by atoms with Crippen LogP contribution in [0.3, 0.4) is 0 Å². The van der Waals surface area contributed by atoms with Crippen molar-refractivity contribution in [2.75, 3.05) is 13.1 Å². The summed E-state index contributed by atoms with van der Waals surface area (Å²) in [6.45, 7) is 2.05. The summed E-state index contributed by atoms with van der Waals surface area (Å²) >= 11 is 1.80. The van der Waals surface area contributed by atoms with Crippen LogP contribution in [-0.4, -0.2) is 18.3 Å². The van der Waals surface area contributed by atoms with Crippen LogP contribution >= 0.6 is 28.7 Å². The second-order valence-electron chi connectivity index (χ2n) is 3.60. The van der Waals surface area contributed by atoms with Crippen LogP contribution in [0.4, 0.5) is 0 Å². The van der Waals surface area contributed by atoms with Crippen molar-refractivity contribution in [2.45, 2.75) is 18.6 Å². The molecule has 1 heterocycles. The highest BCUT2D eigenvalue weighted by Gasteiger charge is 2.03. The predicted octanol–water partition coefficient (Wildman–Crippen LogP) is 3.24. The molecule has 0 unspecified atom stereocenters. The number of aliphatic imine (C=N–C) groups is 1. The molecule has 0 radical (unpaired) electrons. The van der Waals surface area contributed by atoms with Crippen LogP contribution in [0.2, 0.25) is 0 Å². The van der Waals surface area contributed by atoms with Gasteiger partial charge in [-0.2, -0.15) is 0 Å². The smallest absolute Gasteiger partial charge is 0.156 e. The predicted molar refractivity (Wildman–Crippen MR) is 77.6 cm³/mol. The first-order valence-electron chi connectivity index (χ1n) is 5.40. The molecule has 0 bridgehead atoms. The Hall–Kier alpha value is -0.480. The molecule has 0 saturated heterocycles. The lowest BCUT2D eigenvalue weighted by atomic mass is 10.2. The summed E-state index contributed by atoms with van der Waals surface area (Å²) in [5.41, 5.74) is 1.36. The van der Waals surface area contributed by atoms with Crippen LogP contribution in [0.15, 0.2) is 35.3 Å². The van der Waals surface area contributed by atoms with E-state index in [0.29, 0.717) is 0 Å². The maximum atomic E-state index is 4.51. The second-order valence-corrected chi connectivity index (χ2v) is 4.56. The fourth-order valence-corrected chi connectivity index (χ4v) is 2.37. The van der Waals surface area contributed by atoms with Gasteiger partial charge in [-0.15, -0.1) is 17.0 Å². The number of nitrogens with zero attached hydrogens (tertiary/aromatic N) is 1. The Morgan fingerprint density at radius 3 is 2.81 bits per heavy atom. The minimum Gasteiger partial charge on any atom is -0.365 e. The van der Waals surface area contributed by atoms with Gasteiger partial charge in [-0.05, 0) is 18.4 Å². The first-order valence-corrected chi connectivity index (χ1v) is 6.39. The topological polar surface area (TPSA) is 24.4 Å². The first kappa shape index (κ1) is 13.6. The van der Waals surface area contributed by atoms with Crippen LogP contribution in [0.25, 0.3) is 0 Å². The Bertz CT molecular complexity index is 327. The van der Waals surface area contributed by atoms with Crippen molar-refractivity contribution in [2.24, 2.45) is 4.99 Å². The Morgan fingerprint density at radius 1 is 1.19 bits per heavy atom. The summed E-state index contributed by atoms with van der Waals surface area (Å²) in [5, 5.41) is 4.47. The lowest BCUT2D eigenvalue weighted by molar-refractivity contribution is 0.750. The third kappa shape index (κ3) is 4.58. The molecule has 2 rings (SSSR count). The number of halogens is 1. The van der Waals surface area contributed by atoms with Crippen molar-refractivity contribution in [3.63, 3.8) is 0 Å². The van der Waals surface area contributed by atoms with E-state index in [2.05, 4.69) is 40.6 Å². The van der Waals surface area contributed by atoms with Gasteiger partial charge < -0.3 is 5.32 Å². The summed E-state index contributed by atoms with van der Waals surface area (Å²) < 4.78 is 0. The number of amidine groups is 1. The van der Waals surface area contributed by atoms with Crippen molar-refractivity contribution < 1.29 is 0 Å². The van der Waals surface area contributed by atoms with E-state index in [9.17, 15) is 0 Å². The minimum absolute atomic E-state index is 0. The molecule has 0 saturated carbocycles. The van der Waals surface area contributed by atoms with Crippen LogP contribution < -0.4 is 5.32 Å². The van der Waals surface area contributed by atoms with Gasteiger partial charge >= 0.3 is 0 Å². The molecular formula is C12H17BrN2S. The number of hydrogen-bond donors (Lipinski definition) is 1. The summed E-state index contributed by atoms with van der Waals surface area (Å²) in [6, 6.07) is 10.5. The van der Waals surface area contributed by atoms with Gasteiger partial charge in [0, 0.05) is 18.8 Å². The van der Waals surface area contributed by atoms with Crippen molar-refractivity contribution >= 4 is 33.9 Å². The van der Waals surface area contributed by atoms with Crippen molar-refractivity contribution in [3.05, 3.63) is 35.9 Å². The third-order valence-corrected chi connectivity index (χ3v) is 3.36. The van der Waals surface area contributed by atoms with Gasteiger partial charge in [-0.1, -0.05) is 42.1 Å². The molecule has 16 heavy (non-hydrogen) atoms. The molecule has 2 nitrogen and oxygen atoms in total. The normalized spacial score (nSPS) is 15.4. The maximum Gasteiger partial charge on any atom is 0.156 e. The number of thioether (sulfide) groups is 1. The highest BCUT2D eigenvalue weighted by Crippen LogP contribution is 2.13. The van der Waals surface area contributed by atoms with E-state index in [-0.39, 0.29) is 17.0 Å². The highest BCUT2D eigenvalue weighted by atomic mass is 79.9. The third-order valence-electron chi connectivity index (χ3n) is 2.33. The Morgan fingerprint density at radius 2 is 2.00 bits per heavy atom. The molecule has 1 N–H and O–H groups in total. The molecule has 0 aromatic heterocycles. The average molecular weight is 301 g/mol.